The van der Waals surface area contributed by atoms with Crippen molar-refractivity contribution in [3.05, 3.63) is 29.8 Å². The minimum absolute atomic E-state index is 0.0283. The van der Waals surface area contributed by atoms with E-state index in [4.69, 9.17) is 11.0 Å². The van der Waals surface area contributed by atoms with Crippen LogP contribution in [0.3, 0.4) is 0 Å². The summed E-state index contributed by atoms with van der Waals surface area (Å²) in [5.74, 6) is 0.0283. The molecule has 1 aliphatic rings. The lowest BCUT2D eigenvalue weighted by molar-refractivity contribution is -0.124. The molecule has 0 heterocycles. The molecule has 0 bridgehead atoms. The fourth-order valence-electron chi connectivity index (χ4n) is 2.64. The standard InChI is InChI=1S/C15H19N3O/c16-10-7-12-3-5-13(6-4-12)18-14(19)15(11-17)8-1-2-9-15/h3-6H,1-2,7-9,11,17H2,(H,18,19). The van der Waals surface area contributed by atoms with E-state index in [-0.39, 0.29) is 11.3 Å². The number of benzene rings is 1. The molecule has 1 aromatic carbocycles. The van der Waals surface area contributed by atoms with Gasteiger partial charge in [0.05, 0.1) is 17.9 Å². The Bertz CT molecular complexity index is 481. The predicted octanol–water partition coefficient (Wildman–Crippen LogP) is 2.21. The third kappa shape index (κ3) is 2.94. The number of hydrogen-bond donors (Lipinski definition) is 2. The summed E-state index contributed by atoms with van der Waals surface area (Å²) >= 11 is 0. The number of nitriles is 1. The Labute approximate surface area is 113 Å². The Balaban J connectivity index is 2.04. The van der Waals surface area contributed by atoms with Gasteiger partial charge in [-0.05, 0) is 30.5 Å². The van der Waals surface area contributed by atoms with Gasteiger partial charge in [0.25, 0.3) is 0 Å². The summed E-state index contributed by atoms with van der Waals surface area (Å²) in [7, 11) is 0. The second kappa shape index (κ2) is 5.85. The van der Waals surface area contributed by atoms with Crippen LogP contribution >= 0.6 is 0 Å². The molecule has 0 aliphatic heterocycles. The minimum Gasteiger partial charge on any atom is -0.329 e. The summed E-state index contributed by atoms with van der Waals surface area (Å²) in [5.41, 5.74) is 7.13. The van der Waals surface area contributed by atoms with Crippen molar-refractivity contribution >= 4 is 11.6 Å². The first-order valence-corrected chi connectivity index (χ1v) is 6.68. The van der Waals surface area contributed by atoms with E-state index in [9.17, 15) is 4.79 Å². The van der Waals surface area contributed by atoms with Crippen LogP contribution in [0.1, 0.15) is 31.2 Å². The molecule has 4 heteroatoms. The van der Waals surface area contributed by atoms with Gasteiger partial charge in [0, 0.05) is 12.2 Å². The number of nitrogens with one attached hydrogen (secondary N) is 1. The molecule has 19 heavy (non-hydrogen) atoms. The quantitative estimate of drug-likeness (QED) is 0.868. The van der Waals surface area contributed by atoms with Gasteiger partial charge in [-0.3, -0.25) is 4.79 Å². The smallest absolute Gasteiger partial charge is 0.231 e. The van der Waals surface area contributed by atoms with Crippen LogP contribution in [0.4, 0.5) is 5.69 Å². The zero-order valence-corrected chi connectivity index (χ0v) is 11.0. The van der Waals surface area contributed by atoms with Crippen LogP contribution in [0.15, 0.2) is 24.3 Å². The zero-order valence-electron chi connectivity index (χ0n) is 11.0. The molecular weight excluding hydrogens is 238 g/mol. The summed E-state index contributed by atoms with van der Waals surface area (Å²) in [6.07, 6.45) is 4.29. The number of anilines is 1. The normalized spacial score (nSPS) is 16.8. The van der Waals surface area contributed by atoms with E-state index in [1.165, 1.54) is 0 Å². The second-order valence-electron chi connectivity index (χ2n) is 5.18. The number of amides is 1. The number of hydrogen-bond acceptors (Lipinski definition) is 3. The van der Waals surface area contributed by atoms with Crippen molar-refractivity contribution in [2.24, 2.45) is 11.1 Å². The van der Waals surface area contributed by atoms with Crippen LogP contribution in [0.2, 0.25) is 0 Å². The van der Waals surface area contributed by atoms with Gasteiger partial charge in [-0.15, -0.1) is 0 Å². The van der Waals surface area contributed by atoms with Crippen LogP contribution in [-0.4, -0.2) is 12.5 Å². The molecule has 1 saturated carbocycles. The highest BCUT2D eigenvalue weighted by Crippen LogP contribution is 2.38. The average molecular weight is 257 g/mol. The Kier molecular flexibility index (Phi) is 4.18. The SMILES string of the molecule is N#CCc1ccc(NC(=O)C2(CN)CCCC2)cc1. The third-order valence-electron chi connectivity index (χ3n) is 3.93. The highest BCUT2D eigenvalue weighted by Gasteiger charge is 2.39. The molecule has 1 fully saturated rings. The summed E-state index contributed by atoms with van der Waals surface area (Å²) in [4.78, 5) is 12.3. The molecule has 0 spiro atoms. The number of nitrogens with zero attached hydrogens (tertiary/aromatic N) is 1. The molecule has 3 N–H and O–H groups in total. The van der Waals surface area contributed by atoms with Crippen molar-refractivity contribution in [2.45, 2.75) is 32.1 Å². The number of carbonyl (C=O) groups excluding carboxylic acids is 1. The Morgan fingerprint density at radius 2 is 1.95 bits per heavy atom. The molecule has 1 aliphatic carbocycles. The molecule has 1 amide bonds. The van der Waals surface area contributed by atoms with E-state index in [1.54, 1.807) is 0 Å². The summed E-state index contributed by atoms with van der Waals surface area (Å²) in [5, 5.41) is 11.6. The van der Waals surface area contributed by atoms with Crippen molar-refractivity contribution in [3.63, 3.8) is 0 Å². The predicted molar refractivity (Wildman–Crippen MR) is 74.3 cm³/mol. The number of rotatable bonds is 4. The van der Waals surface area contributed by atoms with Crippen LogP contribution in [0.5, 0.6) is 0 Å². The summed E-state index contributed by atoms with van der Waals surface area (Å²) in [6.45, 7) is 0.408. The van der Waals surface area contributed by atoms with Crippen molar-refractivity contribution in [2.75, 3.05) is 11.9 Å². The highest BCUT2D eigenvalue weighted by atomic mass is 16.2. The molecule has 0 aromatic heterocycles. The van der Waals surface area contributed by atoms with E-state index >= 15 is 0 Å². The molecule has 0 radical (unpaired) electrons. The first-order chi connectivity index (χ1) is 9.20. The third-order valence-corrected chi connectivity index (χ3v) is 3.93. The monoisotopic (exact) mass is 257 g/mol. The van der Waals surface area contributed by atoms with Gasteiger partial charge in [0.1, 0.15) is 0 Å². The zero-order chi connectivity index (χ0) is 13.7. The van der Waals surface area contributed by atoms with Gasteiger partial charge in [0.2, 0.25) is 5.91 Å². The van der Waals surface area contributed by atoms with Gasteiger partial charge >= 0.3 is 0 Å². The molecule has 100 valence electrons. The van der Waals surface area contributed by atoms with Crippen molar-refractivity contribution in [3.8, 4) is 6.07 Å². The highest BCUT2D eigenvalue weighted by molar-refractivity contribution is 5.95. The van der Waals surface area contributed by atoms with E-state index in [0.29, 0.717) is 13.0 Å². The second-order valence-corrected chi connectivity index (χ2v) is 5.18. The molecule has 0 saturated heterocycles. The van der Waals surface area contributed by atoms with E-state index < -0.39 is 0 Å². The first-order valence-electron chi connectivity index (χ1n) is 6.68. The number of nitrogens with two attached hydrogens (primary N) is 1. The van der Waals surface area contributed by atoms with Crippen LogP contribution in [0, 0.1) is 16.7 Å². The average Bonchev–Trinajstić information content (AvgIpc) is 2.91. The summed E-state index contributed by atoms with van der Waals surface area (Å²) < 4.78 is 0. The van der Waals surface area contributed by atoms with E-state index in [1.807, 2.05) is 24.3 Å². The van der Waals surface area contributed by atoms with Crippen molar-refractivity contribution in [1.29, 1.82) is 5.26 Å². The fraction of sp³-hybridized carbons (Fsp3) is 0.467. The molecule has 0 atom stereocenters. The maximum atomic E-state index is 12.3. The first kappa shape index (κ1) is 13.6. The van der Waals surface area contributed by atoms with Crippen LogP contribution in [-0.2, 0) is 11.2 Å². The van der Waals surface area contributed by atoms with Crippen LogP contribution in [0.25, 0.3) is 0 Å². The Morgan fingerprint density at radius 3 is 2.47 bits per heavy atom. The lowest BCUT2D eigenvalue weighted by Crippen LogP contribution is -2.40. The van der Waals surface area contributed by atoms with Gasteiger partial charge in [-0.2, -0.15) is 5.26 Å². The van der Waals surface area contributed by atoms with Gasteiger partial charge in [-0.1, -0.05) is 25.0 Å². The topological polar surface area (TPSA) is 78.9 Å². The Morgan fingerprint density at radius 1 is 1.32 bits per heavy atom. The minimum atomic E-state index is -0.384. The van der Waals surface area contributed by atoms with Crippen molar-refractivity contribution < 1.29 is 4.79 Å². The van der Waals surface area contributed by atoms with Crippen molar-refractivity contribution in [1.82, 2.24) is 0 Å². The van der Waals surface area contributed by atoms with E-state index in [2.05, 4.69) is 11.4 Å². The molecule has 4 nitrogen and oxygen atoms in total. The lowest BCUT2D eigenvalue weighted by Gasteiger charge is -2.25. The fourth-order valence-corrected chi connectivity index (χ4v) is 2.64. The lowest BCUT2D eigenvalue weighted by atomic mass is 9.85. The van der Waals surface area contributed by atoms with E-state index in [0.717, 1.165) is 36.9 Å². The Hall–Kier alpha value is -1.86. The molecule has 2 rings (SSSR count). The maximum Gasteiger partial charge on any atom is 0.231 e. The molecule has 1 aromatic rings. The maximum absolute atomic E-state index is 12.3. The molecule has 0 unspecified atom stereocenters. The molecular formula is C15H19N3O. The van der Waals surface area contributed by atoms with Gasteiger partial charge in [0.15, 0.2) is 0 Å². The van der Waals surface area contributed by atoms with Gasteiger partial charge < -0.3 is 11.1 Å². The van der Waals surface area contributed by atoms with Gasteiger partial charge in [-0.25, -0.2) is 0 Å². The largest absolute Gasteiger partial charge is 0.329 e. The number of carbonyl (C=O) groups is 1. The summed E-state index contributed by atoms with van der Waals surface area (Å²) in [6, 6.07) is 9.50. The van der Waals surface area contributed by atoms with Crippen LogP contribution < -0.4 is 11.1 Å².